The summed E-state index contributed by atoms with van der Waals surface area (Å²) >= 11 is 6.31. The SMILES string of the molecule is O=C/C=C/c1ccc(C(F)(F)F)c(-c2ccc3c(c2/C=C/C=O)OCO3)c1Cl. The van der Waals surface area contributed by atoms with Crippen molar-refractivity contribution in [1.29, 1.82) is 0 Å². The van der Waals surface area contributed by atoms with Gasteiger partial charge in [0.15, 0.2) is 11.5 Å². The second-order valence-electron chi connectivity index (χ2n) is 5.64. The first-order chi connectivity index (χ1) is 13.4. The summed E-state index contributed by atoms with van der Waals surface area (Å²) in [5.74, 6) is 0.560. The van der Waals surface area contributed by atoms with Crippen molar-refractivity contribution in [2.75, 3.05) is 6.79 Å². The molecule has 8 heteroatoms. The van der Waals surface area contributed by atoms with Gasteiger partial charge in [-0.1, -0.05) is 23.7 Å². The minimum absolute atomic E-state index is 0.0946. The Hall–Kier alpha value is -3.06. The van der Waals surface area contributed by atoms with E-state index in [4.69, 9.17) is 21.1 Å². The van der Waals surface area contributed by atoms with E-state index in [0.717, 1.165) is 18.2 Å². The standard InChI is InChI=1S/C20H12ClF3O4/c21-18-12(3-1-9-25)5-7-15(20(22,23)24)17(18)13-6-8-16-19(28-11-27-16)14(13)4-2-10-26/h1-10H,11H2/b3-1+,4-2+. The average Bonchev–Trinajstić information content (AvgIpc) is 3.13. The Morgan fingerprint density at radius 2 is 1.68 bits per heavy atom. The third-order valence-corrected chi connectivity index (χ3v) is 4.43. The first-order valence-corrected chi connectivity index (χ1v) is 8.32. The third kappa shape index (κ3) is 3.66. The molecule has 4 nitrogen and oxygen atoms in total. The van der Waals surface area contributed by atoms with Gasteiger partial charge in [0, 0.05) is 11.1 Å². The van der Waals surface area contributed by atoms with E-state index in [1.807, 2.05) is 0 Å². The largest absolute Gasteiger partial charge is 0.454 e. The number of aldehydes is 2. The molecule has 144 valence electrons. The molecule has 3 rings (SSSR count). The smallest absolute Gasteiger partial charge is 0.417 e. The Bertz CT molecular complexity index is 994. The molecular weight excluding hydrogens is 397 g/mol. The number of rotatable bonds is 5. The van der Waals surface area contributed by atoms with Gasteiger partial charge < -0.3 is 9.47 Å². The van der Waals surface area contributed by atoms with Crippen molar-refractivity contribution < 1.29 is 32.2 Å². The highest BCUT2D eigenvalue weighted by Crippen LogP contribution is 2.48. The fourth-order valence-electron chi connectivity index (χ4n) is 2.88. The molecule has 28 heavy (non-hydrogen) atoms. The average molecular weight is 409 g/mol. The van der Waals surface area contributed by atoms with Crippen LogP contribution >= 0.6 is 11.6 Å². The molecule has 0 aliphatic carbocycles. The van der Waals surface area contributed by atoms with Crippen molar-refractivity contribution in [2.45, 2.75) is 6.18 Å². The number of carbonyl (C=O) groups excluding carboxylic acids is 2. The van der Waals surface area contributed by atoms with Crippen LogP contribution in [-0.2, 0) is 15.8 Å². The number of fused-ring (bicyclic) bond motifs is 1. The second-order valence-corrected chi connectivity index (χ2v) is 6.02. The zero-order chi connectivity index (χ0) is 20.3. The highest BCUT2D eigenvalue weighted by Gasteiger charge is 2.36. The van der Waals surface area contributed by atoms with Gasteiger partial charge in [0.05, 0.1) is 10.6 Å². The number of benzene rings is 2. The maximum atomic E-state index is 13.7. The fraction of sp³-hybridized carbons (Fsp3) is 0.100. The molecule has 1 aliphatic heterocycles. The predicted molar refractivity (Wildman–Crippen MR) is 98.2 cm³/mol. The lowest BCUT2D eigenvalue weighted by molar-refractivity contribution is -0.137. The van der Waals surface area contributed by atoms with E-state index in [1.54, 1.807) is 0 Å². The summed E-state index contributed by atoms with van der Waals surface area (Å²) in [4.78, 5) is 21.4. The monoisotopic (exact) mass is 408 g/mol. The Morgan fingerprint density at radius 1 is 0.964 bits per heavy atom. The molecular formula is C20H12ClF3O4. The molecule has 0 spiro atoms. The molecule has 0 N–H and O–H groups in total. The molecule has 1 heterocycles. The Kier molecular flexibility index (Phi) is 5.56. The summed E-state index contributed by atoms with van der Waals surface area (Å²) in [5.41, 5.74) is -0.668. The molecule has 0 amide bonds. The van der Waals surface area contributed by atoms with Crippen LogP contribution in [0.25, 0.3) is 23.3 Å². The zero-order valence-electron chi connectivity index (χ0n) is 14.1. The molecule has 0 unspecified atom stereocenters. The van der Waals surface area contributed by atoms with Gasteiger partial charge in [0.25, 0.3) is 0 Å². The number of hydrogen-bond acceptors (Lipinski definition) is 4. The maximum Gasteiger partial charge on any atom is 0.417 e. The normalized spacial score (nSPS) is 13.4. The number of hydrogen-bond donors (Lipinski definition) is 0. The van der Waals surface area contributed by atoms with Gasteiger partial charge in [-0.15, -0.1) is 0 Å². The minimum atomic E-state index is -4.69. The van der Waals surface area contributed by atoms with Crippen LogP contribution in [0, 0.1) is 0 Å². The van der Waals surface area contributed by atoms with Gasteiger partial charge in [-0.2, -0.15) is 13.2 Å². The van der Waals surface area contributed by atoms with Gasteiger partial charge in [-0.3, -0.25) is 9.59 Å². The fourth-order valence-corrected chi connectivity index (χ4v) is 3.21. The summed E-state index contributed by atoms with van der Waals surface area (Å²) in [5, 5.41) is -0.187. The third-order valence-electron chi connectivity index (χ3n) is 4.02. The van der Waals surface area contributed by atoms with Crippen molar-refractivity contribution in [3.8, 4) is 22.6 Å². The van der Waals surface area contributed by atoms with Crippen LogP contribution in [0.3, 0.4) is 0 Å². The van der Waals surface area contributed by atoms with E-state index in [0.29, 0.717) is 18.3 Å². The zero-order valence-corrected chi connectivity index (χ0v) is 14.9. The van der Waals surface area contributed by atoms with Crippen LogP contribution in [-0.4, -0.2) is 19.4 Å². The van der Waals surface area contributed by atoms with Crippen molar-refractivity contribution in [2.24, 2.45) is 0 Å². The summed E-state index contributed by atoms with van der Waals surface area (Å²) in [7, 11) is 0. The molecule has 2 aromatic carbocycles. The number of alkyl halides is 3. The lowest BCUT2D eigenvalue weighted by atomic mass is 9.92. The molecule has 1 aliphatic rings. The minimum Gasteiger partial charge on any atom is -0.454 e. The molecule has 0 bridgehead atoms. The van der Waals surface area contributed by atoms with E-state index < -0.39 is 11.7 Å². The quantitative estimate of drug-likeness (QED) is 0.505. The first-order valence-electron chi connectivity index (χ1n) is 7.94. The first kappa shape index (κ1) is 19.7. The second kappa shape index (κ2) is 7.90. The number of allylic oxidation sites excluding steroid dienone is 2. The van der Waals surface area contributed by atoms with Crippen molar-refractivity contribution in [1.82, 2.24) is 0 Å². The highest BCUT2D eigenvalue weighted by atomic mass is 35.5. The summed E-state index contributed by atoms with van der Waals surface area (Å²) in [6.45, 7) is -0.0946. The molecule has 2 aromatic rings. The Balaban J connectivity index is 2.36. The maximum absolute atomic E-state index is 13.7. The number of halogens is 4. The topological polar surface area (TPSA) is 52.6 Å². The summed E-state index contributed by atoms with van der Waals surface area (Å²) in [6.07, 6.45) is 1.21. The van der Waals surface area contributed by atoms with Crippen LogP contribution in [0.4, 0.5) is 13.2 Å². The van der Waals surface area contributed by atoms with Gasteiger partial charge >= 0.3 is 6.18 Å². The number of ether oxygens (including phenoxy) is 2. The lowest BCUT2D eigenvalue weighted by Crippen LogP contribution is -2.08. The van der Waals surface area contributed by atoms with Crippen LogP contribution in [0.15, 0.2) is 36.4 Å². The molecule has 0 saturated carbocycles. The van der Waals surface area contributed by atoms with Crippen LogP contribution in [0.5, 0.6) is 11.5 Å². The Labute approximate surface area is 162 Å². The van der Waals surface area contributed by atoms with Gasteiger partial charge in [-0.05, 0) is 47.6 Å². The van der Waals surface area contributed by atoms with Crippen LogP contribution in [0.2, 0.25) is 5.02 Å². The van der Waals surface area contributed by atoms with E-state index in [1.165, 1.54) is 30.4 Å². The van der Waals surface area contributed by atoms with Gasteiger partial charge in [-0.25, -0.2) is 0 Å². The van der Waals surface area contributed by atoms with Gasteiger partial charge in [0.2, 0.25) is 6.79 Å². The summed E-state index contributed by atoms with van der Waals surface area (Å²) < 4.78 is 51.7. The predicted octanol–water partition coefficient (Wildman–Crippen LogP) is 5.18. The van der Waals surface area contributed by atoms with Crippen LogP contribution < -0.4 is 9.47 Å². The molecule has 0 aromatic heterocycles. The molecule has 0 saturated heterocycles. The van der Waals surface area contributed by atoms with E-state index in [2.05, 4.69) is 0 Å². The van der Waals surface area contributed by atoms with E-state index >= 15 is 0 Å². The van der Waals surface area contributed by atoms with Crippen molar-refractivity contribution >= 4 is 36.3 Å². The van der Waals surface area contributed by atoms with Crippen molar-refractivity contribution in [3.05, 3.63) is 58.1 Å². The Morgan fingerprint density at radius 3 is 2.36 bits per heavy atom. The van der Waals surface area contributed by atoms with Crippen molar-refractivity contribution in [3.63, 3.8) is 0 Å². The van der Waals surface area contributed by atoms with Crippen LogP contribution in [0.1, 0.15) is 16.7 Å². The number of carbonyl (C=O) groups is 2. The highest BCUT2D eigenvalue weighted by molar-refractivity contribution is 6.35. The van der Waals surface area contributed by atoms with E-state index in [-0.39, 0.29) is 39.8 Å². The van der Waals surface area contributed by atoms with Gasteiger partial charge in [0.1, 0.15) is 12.6 Å². The molecule has 0 radical (unpaired) electrons. The lowest BCUT2D eigenvalue weighted by Gasteiger charge is -2.18. The summed E-state index contributed by atoms with van der Waals surface area (Å²) in [6, 6.07) is 4.97. The van der Waals surface area contributed by atoms with E-state index in [9.17, 15) is 22.8 Å². The molecule has 0 atom stereocenters. The molecule has 0 fully saturated rings.